The fourth-order valence-electron chi connectivity index (χ4n) is 1.86. The molecule has 0 bridgehead atoms. The van der Waals surface area contributed by atoms with Gasteiger partial charge in [-0.25, -0.2) is 4.39 Å². The minimum absolute atomic E-state index is 0.0833. The largest absolute Gasteiger partial charge is 0.396 e. The van der Waals surface area contributed by atoms with E-state index in [-0.39, 0.29) is 23.9 Å². The molecule has 4 heteroatoms. The third kappa shape index (κ3) is 4.67. The molecule has 2 N–H and O–H groups in total. The van der Waals surface area contributed by atoms with Gasteiger partial charge in [-0.2, -0.15) is 0 Å². The molecule has 0 aliphatic heterocycles. The Labute approximate surface area is 117 Å². The van der Waals surface area contributed by atoms with Crippen LogP contribution in [-0.2, 0) is 6.54 Å². The number of nitrogens with one attached hydrogen (secondary N) is 1. The van der Waals surface area contributed by atoms with Gasteiger partial charge in [0, 0.05) is 19.2 Å². The summed E-state index contributed by atoms with van der Waals surface area (Å²) in [5.41, 5.74) is 1.11. The third-order valence-electron chi connectivity index (χ3n) is 3.00. The maximum atomic E-state index is 13.1. The minimum Gasteiger partial charge on any atom is -0.396 e. The lowest BCUT2D eigenvalue weighted by Crippen LogP contribution is -2.40. The second-order valence-electron chi connectivity index (χ2n) is 5.56. The monoisotopic (exact) mass is 317 g/mol. The van der Waals surface area contributed by atoms with Crippen molar-refractivity contribution >= 4 is 15.9 Å². The second kappa shape index (κ2) is 6.64. The predicted molar refractivity (Wildman–Crippen MR) is 75.9 cm³/mol. The zero-order valence-corrected chi connectivity index (χ0v) is 12.7. The molecule has 0 spiro atoms. The highest BCUT2D eigenvalue weighted by molar-refractivity contribution is 9.10. The van der Waals surface area contributed by atoms with Gasteiger partial charge in [0.15, 0.2) is 0 Å². The van der Waals surface area contributed by atoms with Crippen LogP contribution in [0.4, 0.5) is 4.39 Å². The second-order valence-corrected chi connectivity index (χ2v) is 6.41. The Morgan fingerprint density at radius 3 is 2.56 bits per heavy atom. The maximum absolute atomic E-state index is 13.1. The molecule has 0 saturated carbocycles. The van der Waals surface area contributed by atoms with Crippen molar-refractivity contribution in [1.29, 1.82) is 0 Å². The van der Waals surface area contributed by atoms with E-state index in [9.17, 15) is 4.39 Å². The molecule has 1 rings (SSSR count). The molecule has 2 nitrogen and oxygen atoms in total. The molecule has 0 fully saturated rings. The van der Waals surface area contributed by atoms with Gasteiger partial charge in [-0.3, -0.25) is 0 Å². The summed E-state index contributed by atoms with van der Waals surface area (Å²) in [5, 5.41) is 12.5. The van der Waals surface area contributed by atoms with Crippen LogP contribution in [0, 0.1) is 11.2 Å². The Bertz CT molecular complexity index is 390. The van der Waals surface area contributed by atoms with Crippen LogP contribution >= 0.6 is 15.9 Å². The summed E-state index contributed by atoms with van der Waals surface area (Å²) in [6.45, 7) is 7.26. The number of benzene rings is 1. The van der Waals surface area contributed by atoms with E-state index in [1.807, 2.05) is 0 Å². The van der Waals surface area contributed by atoms with Crippen LogP contribution in [0.5, 0.6) is 0 Å². The predicted octanol–water partition coefficient (Wildman–Crippen LogP) is 3.47. The molecule has 0 aliphatic rings. The number of rotatable bonds is 5. The summed E-state index contributed by atoms with van der Waals surface area (Å²) in [4.78, 5) is 0. The van der Waals surface area contributed by atoms with Crippen LogP contribution in [0.25, 0.3) is 0 Å². The van der Waals surface area contributed by atoms with Crippen LogP contribution in [0.2, 0.25) is 0 Å². The Morgan fingerprint density at radius 1 is 1.39 bits per heavy atom. The van der Waals surface area contributed by atoms with Gasteiger partial charge in [0.05, 0.1) is 4.47 Å². The Hall–Kier alpha value is -0.450. The first kappa shape index (κ1) is 15.6. The minimum atomic E-state index is -0.249. The highest BCUT2D eigenvalue weighted by Gasteiger charge is 2.23. The zero-order valence-electron chi connectivity index (χ0n) is 11.1. The average molecular weight is 318 g/mol. The Balaban J connectivity index is 2.64. The zero-order chi connectivity index (χ0) is 13.8. The van der Waals surface area contributed by atoms with Crippen molar-refractivity contribution in [2.75, 3.05) is 6.61 Å². The van der Waals surface area contributed by atoms with Gasteiger partial charge < -0.3 is 10.4 Å². The van der Waals surface area contributed by atoms with Crippen LogP contribution in [0.3, 0.4) is 0 Å². The van der Waals surface area contributed by atoms with Gasteiger partial charge in [-0.15, -0.1) is 0 Å². The van der Waals surface area contributed by atoms with Crippen LogP contribution in [-0.4, -0.2) is 17.8 Å². The summed E-state index contributed by atoms with van der Waals surface area (Å²) < 4.78 is 13.6. The standard InChI is InChI=1S/C14H21BrFNO/c1-14(2,3)13(6-7-18)17-9-10-4-5-12(16)11(15)8-10/h4-5,8,13,17-18H,6-7,9H2,1-3H3. The van der Waals surface area contributed by atoms with Gasteiger partial charge in [0.25, 0.3) is 0 Å². The molecule has 0 aromatic heterocycles. The van der Waals surface area contributed by atoms with E-state index in [1.54, 1.807) is 12.1 Å². The van der Waals surface area contributed by atoms with Crippen LogP contribution in [0.1, 0.15) is 32.8 Å². The first-order valence-electron chi connectivity index (χ1n) is 6.12. The number of hydrogen-bond donors (Lipinski definition) is 2. The van der Waals surface area contributed by atoms with Gasteiger partial charge in [0.1, 0.15) is 5.82 Å². The SMILES string of the molecule is CC(C)(C)C(CCO)NCc1ccc(F)c(Br)c1. The summed E-state index contributed by atoms with van der Waals surface area (Å²) in [6, 6.07) is 5.23. The Morgan fingerprint density at radius 2 is 2.06 bits per heavy atom. The normalized spacial score (nSPS) is 13.7. The van der Waals surface area contributed by atoms with Crippen molar-refractivity contribution in [2.45, 2.75) is 39.8 Å². The molecule has 1 aromatic carbocycles. The lowest BCUT2D eigenvalue weighted by Gasteiger charge is -2.31. The molecular weight excluding hydrogens is 297 g/mol. The molecular formula is C14H21BrFNO. The van der Waals surface area contributed by atoms with Crippen molar-refractivity contribution in [3.63, 3.8) is 0 Å². The molecule has 0 heterocycles. The van der Waals surface area contributed by atoms with Gasteiger partial charge >= 0.3 is 0 Å². The van der Waals surface area contributed by atoms with E-state index in [4.69, 9.17) is 5.11 Å². The summed E-state index contributed by atoms with van der Waals surface area (Å²) in [7, 11) is 0. The molecule has 0 aliphatic carbocycles. The van der Waals surface area contributed by atoms with Gasteiger partial charge in [-0.1, -0.05) is 26.8 Å². The molecule has 0 radical (unpaired) electrons. The topological polar surface area (TPSA) is 32.3 Å². The van der Waals surface area contributed by atoms with Crippen LogP contribution < -0.4 is 5.32 Å². The fraction of sp³-hybridized carbons (Fsp3) is 0.571. The van der Waals surface area contributed by atoms with E-state index in [0.717, 1.165) is 5.56 Å². The van der Waals surface area contributed by atoms with E-state index >= 15 is 0 Å². The van der Waals surface area contributed by atoms with Gasteiger partial charge in [-0.05, 0) is 45.5 Å². The first-order chi connectivity index (χ1) is 8.34. The number of aliphatic hydroxyl groups is 1. The maximum Gasteiger partial charge on any atom is 0.137 e. The fourth-order valence-corrected chi connectivity index (χ4v) is 2.29. The highest BCUT2D eigenvalue weighted by atomic mass is 79.9. The van der Waals surface area contributed by atoms with Crippen LogP contribution in [0.15, 0.2) is 22.7 Å². The van der Waals surface area contributed by atoms with E-state index < -0.39 is 0 Å². The molecule has 0 saturated heterocycles. The number of halogens is 2. The molecule has 102 valence electrons. The van der Waals surface area contributed by atoms with E-state index in [2.05, 4.69) is 42.0 Å². The lowest BCUT2D eigenvalue weighted by molar-refractivity contribution is 0.196. The highest BCUT2D eigenvalue weighted by Crippen LogP contribution is 2.22. The first-order valence-corrected chi connectivity index (χ1v) is 6.92. The van der Waals surface area contributed by atoms with E-state index in [1.165, 1.54) is 6.07 Å². The summed E-state index contributed by atoms with van der Waals surface area (Å²) in [6.07, 6.45) is 0.714. The molecule has 1 unspecified atom stereocenters. The number of hydrogen-bond acceptors (Lipinski definition) is 2. The van der Waals surface area contributed by atoms with Crippen molar-refractivity contribution in [1.82, 2.24) is 5.32 Å². The number of aliphatic hydroxyl groups excluding tert-OH is 1. The molecule has 18 heavy (non-hydrogen) atoms. The Kier molecular flexibility index (Phi) is 5.76. The third-order valence-corrected chi connectivity index (χ3v) is 3.61. The van der Waals surface area contributed by atoms with Crippen molar-refractivity contribution in [3.05, 3.63) is 34.1 Å². The van der Waals surface area contributed by atoms with Gasteiger partial charge in [0.2, 0.25) is 0 Å². The summed E-state index contributed by atoms with van der Waals surface area (Å²) in [5.74, 6) is -0.249. The molecule has 1 aromatic rings. The average Bonchev–Trinajstić information content (AvgIpc) is 2.27. The molecule has 0 amide bonds. The summed E-state index contributed by atoms with van der Waals surface area (Å²) >= 11 is 3.18. The quantitative estimate of drug-likeness (QED) is 0.871. The van der Waals surface area contributed by atoms with E-state index in [0.29, 0.717) is 17.4 Å². The lowest BCUT2D eigenvalue weighted by atomic mass is 9.85. The molecule has 1 atom stereocenters. The van der Waals surface area contributed by atoms with Crippen molar-refractivity contribution in [2.24, 2.45) is 5.41 Å². The smallest absolute Gasteiger partial charge is 0.137 e. The van der Waals surface area contributed by atoms with Crippen molar-refractivity contribution in [3.8, 4) is 0 Å². The van der Waals surface area contributed by atoms with Crippen molar-refractivity contribution < 1.29 is 9.50 Å².